The maximum absolute atomic E-state index is 5.80. The SMILES string of the molecule is NNC(c1ccc(C2CCC2)cc1)C1CSCCS1. The maximum atomic E-state index is 5.80. The fraction of sp³-hybridized carbons (Fsp3) is 0.600. The largest absolute Gasteiger partial charge is 0.271 e. The summed E-state index contributed by atoms with van der Waals surface area (Å²) in [6.07, 6.45) is 4.13. The Kier molecular flexibility index (Phi) is 4.74. The molecule has 0 spiro atoms. The van der Waals surface area contributed by atoms with E-state index in [1.165, 1.54) is 47.6 Å². The van der Waals surface area contributed by atoms with Crippen LogP contribution in [-0.4, -0.2) is 22.5 Å². The highest BCUT2D eigenvalue weighted by molar-refractivity contribution is 8.06. The number of nitrogens with one attached hydrogen (secondary N) is 1. The van der Waals surface area contributed by atoms with Gasteiger partial charge >= 0.3 is 0 Å². The molecular weight excluding hydrogens is 272 g/mol. The molecule has 1 aromatic rings. The van der Waals surface area contributed by atoms with Gasteiger partial charge in [-0.1, -0.05) is 30.7 Å². The van der Waals surface area contributed by atoms with Crippen molar-refractivity contribution in [3.8, 4) is 0 Å². The summed E-state index contributed by atoms with van der Waals surface area (Å²) in [7, 11) is 0. The monoisotopic (exact) mass is 294 g/mol. The summed E-state index contributed by atoms with van der Waals surface area (Å²) < 4.78 is 0. The van der Waals surface area contributed by atoms with E-state index in [1.807, 2.05) is 11.8 Å². The lowest BCUT2D eigenvalue weighted by Gasteiger charge is -2.30. The highest BCUT2D eigenvalue weighted by Crippen LogP contribution is 2.37. The van der Waals surface area contributed by atoms with E-state index in [-0.39, 0.29) is 6.04 Å². The number of benzene rings is 1. The summed E-state index contributed by atoms with van der Waals surface area (Å²) in [6, 6.07) is 9.46. The van der Waals surface area contributed by atoms with Gasteiger partial charge in [-0.05, 0) is 29.9 Å². The van der Waals surface area contributed by atoms with Gasteiger partial charge in [-0.3, -0.25) is 11.3 Å². The average Bonchev–Trinajstić information content (AvgIpc) is 2.41. The Morgan fingerprint density at radius 2 is 1.95 bits per heavy atom. The number of rotatable bonds is 4. The summed E-state index contributed by atoms with van der Waals surface area (Å²) in [5.41, 5.74) is 5.88. The molecule has 104 valence electrons. The first-order valence-electron chi connectivity index (χ1n) is 7.14. The molecule has 1 heterocycles. The van der Waals surface area contributed by atoms with Gasteiger partial charge in [0.05, 0.1) is 6.04 Å². The minimum Gasteiger partial charge on any atom is -0.271 e. The number of nitrogens with two attached hydrogens (primary N) is 1. The number of thioether (sulfide) groups is 2. The zero-order valence-corrected chi connectivity index (χ0v) is 12.8. The third kappa shape index (κ3) is 3.13. The topological polar surface area (TPSA) is 38.0 Å². The summed E-state index contributed by atoms with van der Waals surface area (Å²) in [4.78, 5) is 0. The Morgan fingerprint density at radius 1 is 1.16 bits per heavy atom. The van der Waals surface area contributed by atoms with E-state index in [4.69, 9.17) is 5.84 Å². The molecule has 1 aromatic carbocycles. The van der Waals surface area contributed by atoms with E-state index in [0.717, 1.165) is 5.92 Å². The van der Waals surface area contributed by atoms with Crippen LogP contribution in [0, 0.1) is 0 Å². The normalized spacial score (nSPS) is 25.8. The molecule has 2 atom stereocenters. The molecule has 1 aliphatic heterocycles. The van der Waals surface area contributed by atoms with Crippen LogP contribution >= 0.6 is 23.5 Å². The summed E-state index contributed by atoms with van der Waals surface area (Å²) in [5, 5.41) is 0.596. The van der Waals surface area contributed by atoms with Crippen LogP contribution in [0.5, 0.6) is 0 Å². The molecule has 1 saturated carbocycles. The van der Waals surface area contributed by atoms with Gasteiger partial charge in [-0.25, -0.2) is 0 Å². The Morgan fingerprint density at radius 3 is 2.47 bits per heavy atom. The van der Waals surface area contributed by atoms with Crippen LogP contribution in [0.15, 0.2) is 24.3 Å². The Balaban J connectivity index is 1.71. The van der Waals surface area contributed by atoms with Gasteiger partial charge in [0.25, 0.3) is 0 Å². The van der Waals surface area contributed by atoms with Gasteiger partial charge < -0.3 is 0 Å². The number of hydrogen-bond donors (Lipinski definition) is 2. The predicted molar refractivity (Wildman–Crippen MR) is 86.7 cm³/mol. The molecule has 19 heavy (non-hydrogen) atoms. The third-order valence-electron chi connectivity index (χ3n) is 4.27. The number of hydrazine groups is 1. The molecule has 2 aliphatic rings. The van der Waals surface area contributed by atoms with E-state index in [1.54, 1.807) is 0 Å². The van der Waals surface area contributed by atoms with Crippen molar-refractivity contribution in [2.24, 2.45) is 5.84 Å². The van der Waals surface area contributed by atoms with Gasteiger partial charge in [0.2, 0.25) is 0 Å². The van der Waals surface area contributed by atoms with E-state index in [2.05, 4.69) is 41.5 Å². The molecule has 0 radical (unpaired) electrons. The van der Waals surface area contributed by atoms with Crippen LogP contribution in [0.25, 0.3) is 0 Å². The van der Waals surface area contributed by atoms with E-state index in [0.29, 0.717) is 5.25 Å². The van der Waals surface area contributed by atoms with Crippen molar-refractivity contribution in [2.75, 3.05) is 17.3 Å². The molecule has 1 aliphatic carbocycles. The molecule has 2 fully saturated rings. The van der Waals surface area contributed by atoms with Crippen molar-refractivity contribution in [3.05, 3.63) is 35.4 Å². The van der Waals surface area contributed by atoms with Gasteiger partial charge in [0, 0.05) is 22.5 Å². The lowest BCUT2D eigenvalue weighted by molar-refractivity contribution is 0.419. The Labute approximate surface area is 124 Å². The van der Waals surface area contributed by atoms with Crippen LogP contribution < -0.4 is 11.3 Å². The van der Waals surface area contributed by atoms with Crippen molar-refractivity contribution in [3.63, 3.8) is 0 Å². The molecule has 4 heteroatoms. The van der Waals surface area contributed by atoms with Crippen LogP contribution in [0.2, 0.25) is 0 Å². The van der Waals surface area contributed by atoms with Gasteiger partial charge in [-0.2, -0.15) is 23.5 Å². The second-order valence-corrected chi connectivity index (χ2v) is 7.92. The first kappa shape index (κ1) is 13.8. The zero-order chi connectivity index (χ0) is 13.1. The zero-order valence-electron chi connectivity index (χ0n) is 11.2. The minimum atomic E-state index is 0.285. The maximum Gasteiger partial charge on any atom is 0.0586 e. The fourth-order valence-corrected chi connectivity index (χ4v) is 5.69. The van der Waals surface area contributed by atoms with Gasteiger partial charge in [0.15, 0.2) is 0 Å². The van der Waals surface area contributed by atoms with Crippen molar-refractivity contribution < 1.29 is 0 Å². The van der Waals surface area contributed by atoms with Crippen LogP contribution in [-0.2, 0) is 0 Å². The van der Waals surface area contributed by atoms with Crippen molar-refractivity contribution >= 4 is 23.5 Å². The lowest BCUT2D eigenvalue weighted by Crippen LogP contribution is -2.37. The molecule has 1 saturated heterocycles. The summed E-state index contributed by atoms with van der Waals surface area (Å²) in [6.45, 7) is 0. The molecule has 0 aromatic heterocycles. The Hall–Kier alpha value is -0.160. The fourth-order valence-electron chi connectivity index (χ4n) is 2.83. The van der Waals surface area contributed by atoms with E-state index in [9.17, 15) is 0 Å². The highest BCUT2D eigenvalue weighted by Gasteiger charge is 2.25. The molecule has 0 bridgehead atoms. The third-order valence-corrected chi connectivity index (χ3v) is 7.13. The minimum absolute atomic E-state index is 0.285. The van der Waals surface area contributed by atoms with E-state index >= 15 is 0 Å². The summed E-state index contributed by atoms with van der Waals surface area (Å²) in [5.74, 6) is 10.3. The predicted octanol–water partition coefficient (Wildman–Crippen LogP) is 3.31. The smallest absolute Gasteiger partial charge is 0.0586 e. The molecular formula is C15H22N2S2. The first-order chi connectivity index (χ1) is 9.38. The highest BCUT2D eigenvalue weighted by atomic mass is 32.2. The average molecular weight is 294 g/mol. The van der Waals surface area contributed by atoms with Crippen molar-refractivity contribution in [2.45, 2.75) is 36.5 Å². The number of hydrogen-bond acceptors (Lipinski definition) is 4. The first-order valence-corrected chi connectivity index (χ1v) is 9.34. The van der Waals surface area contributed by atoms with Crippen LogP contribution in [0.1, 0.15) is 42.3 Å². The van der Waals surface area contributed by atoms with Crippen LogP contribution in [0.3, 0.4) is 0 Å². The lowest BCUT2D eigenvalue weighted by atomic mass is 9.80. The van der Waals surface area contributed by atoms with Crippen molar-refractivity contribution in [1.29, 1.82) is 0 Å². The Bertz CT molecular complexity index is 397. The van der Waals surface area contributed by atoms with Gasteiger partial charge in [-0.15, -0.1) is 0 Å². The van der Waals surface area contributed by atoms with E-state index < -0.39 is 0 Å². The molecule has 2 unspecified atom stereocenters. The quantitative estimate of drug-likeness (QED) is 0.660. The van der Waals surface area contributed by atoms with Gasteiger partial charge in [0.1, 0.15) is 0 Å². The summed E-state index contributed by atoms with van der Waals surface area (Å²) >= 11 is 4.10. The van der Waals surface area contributed by atoms with Crippen LogP contribution in [0.4, 0.5) is 0 Å². The second-order valence-electron chi connectivity index (χ2n) is 5.42. The molecule has 3 rings (SSSR count). The standard InChI is InChI=1S/C15H22N2S2/c16-17-15(14-10-18-8-9-19-14)13-6-4-12(5-7-13)11-2-1-3-11/h4-7,11,14-15,17H,1-3,8-10,16H2. The molecule has 2 nitrogen and oxygen atoms in total. The molecule has 3 N–H and O–H groups in total. The molecule has 0 amide bonds. The van der Waals surface area contributed by atoms with Crippen molar-refractivity contribution in [1.82, 2.24) is 5.43 Å². The second kappa shape index (κ2) is 6.53.